The molecule has 20 heavy (non-hydrogen) atoms. The summed E-state index contributed by atoms with van der Waals surface area (Å²) < 4.78 is 7.15. The third-order valence-corrected chi connectivity index (χ3v) is 5.39. The van der Waals surface area contributed by atoms with E-state index in [9.17, 15) is 4.79 Å². The maximum atomic E-state index is 11.2. The number of hydrogen-bond donors (Lipinski definition) is 0. The van der Waals surface area contributed by atoms with Crippen LogP contribution in [0.15, 0.2) is 30.5 Å². The van der Waals surface area contributed by atoms with Gasteiger partial charge in [-0.25, -0.2) is 0 Å². The Balaban J connectivity index is 2.28. The third kappa shape index (κ3) is 3.12. The highest BCUT2D eigenvalue weighted by molar-refractivity contribution is 6.75. The topological polar surface area (TPSA) is 31.2 Å². The van der Waals surface area contributed by atoms with Crippen molar-refractivity contribution in [2.75, 3.05) is 7.11 Å². The fraction of sp³-hybridized carbons (Fsp3) is 0.438. The molecule has 4 heteroatoms. The zero-order valence-electron chi connectivity index (χ0n) is 12.8. The van der Waals surface area contributed by atoms with E-state index in [0.717, 1.165) is 12.8 Å². The Bertz CT molecular complexity index is 610. The number of rotatable bonds is 5. The highest BCUT2D eigenvalue weighted by atomic mass is 28.3. The van der Waals surface area contributed by atoms with E-state index in [-0.39, 0.29) is 5.97 Å². The van der Waals surface area contributed by atoms with Crippen molar-refractivity contribution < 1.29 is 9.53 Å². The molecule has 0 aliphatic heterocycles. The minimum atomic E-state index is -1.42. The van der Waals surface area contributed by atoms with E-state index in [4.69, 9.17) is 4.74 Å². The van der Waals surface area contributed by atoms with E-state index in [2.05, 4.69) is 54.3 Å². The summed E-state index contributed by atoms with van der Waals surface area (Å²) in [6, 6.07) is 8.55. The maximum Gasteiger partial charge on any atom is 0.305 e. The number of hydrogen-bond acceptors (Lipinski definition) is 2. The molecule has 0 spiro atoms. The number of benzene rings is 1. The number of aryl methyl sites for hydroxylation is 1. The van der Waals surface area contributed by atoms with Gasteiger partial charge in [0.2, 0.25) is 0 Å². The van der Waals surface area contributed by atoms with Gasteiger partial charge in [-0.15, -0.1) is 0 Å². The number of fused-ring (bicyclic) bond motifs is 1. The largest absolute Gasteiger partial charge is 0.469 e. The van der Waals surface area contributed by atoms with Gasteiger partial charge in [0.1, 0.15) is 0 Å². The summed E-state index contributed by atoms with van der Waals surface area (Å²) in [6.45, 7) is 7.03. The fourth-order valence-corrected chi connectivity index (χ4v) is 3.99. The fourth-order valence-electron chi connectivity index (χ4n) is 2.53. The van der Waals surface area contributed by atoms with Gasteiger partial charge in [0, 0.05) is 17.3 Å². The van der Waals surface area contributed by atoms with Crippen LogP contribution in [-0.4, -0.2) is 25.5 Å². The van der Waals surface area contributed by atoms with E-state index in [1.165, 1.54) is 23.6 Å². The molecular formula is C16H23NO2Si. The van der Waals surface area contributed by atoms with E-state index in [0.29, 0.717) is 6.42 Å². The molecule has 0 amide bonds. The van der Waals surface area contributed by atoms with Gasteiger partial charge in [0.25, 0.3) is 0 Å². The number of ether oxygens (including phenoxy) is 1. The highest BCUT2D eigenvalue weighted by Gasteiger charge is 2.20. The zero-order valence-corrected chi connectivity index (χ0v) is 13.8. The van der Waals surface area contributed by atoms with E-state index < -0.39 is 8.24 Å². The van der Waals surface area contributed by atoms with Gasteiger partial charge >= 0.3 is 5.97 Å². The lowest BCUT2D eigenvalue weighted by Gasteiger charge is -2.19. The average Bonchev–Trinajstić information content (AvgIpc) is 2.78. The molecule has 1 aromatic heterocycles. The molecule has 0 bridgehead atoms. The number of carbonyl (C=O) groups excluding carboxylic acids is 1. The molecule has 0 atom stereocenters. The first kappa shape index (κ1) is 14.8. The molecule has 0 saturated heterocycles. The van der Waals surface area contributed by atoms with Crippen LogP contribution in [0.1, 0.15) is 18.4 Å². The molecule has 0 radical (unpaired) electrons. The number of methoxy groups -OCH3 is 1. The van der Waals surface area contributed by atoms with Crippen LogP contribution in [0.25, 0.3) is 10.9 Å². The van der Waals surface area contributed by atoms with Gasteiger partial charge in [-0.1, -0.05) is 37.8 Å². The van der Waals surface area contributed by atoms with Gasteiger partial charge in [-0.2, -0.15) is 0 Å². The number of para-hydroxylation sites is 1. The van der Waals surface area contributed by atoms with Crippen LogP contribution in [0.4, 0.5) is 0 Å². The average molecular weight is 289 g/mol. The lowest BCUT2D eigenvalue weighted by atomic mass is 10.1. The van der Waals surface area contributed by atoms with Crippen LogP contribution in [-0.2, 0) is 16.0 Å². The lowest BCUT2D eigenvalue weighted by molar-refractivity contribution is -0.140. The third-order valence-electron chi connectivity index (χ3n) is 3.57. The van der Waals surface area contributed by atoms with Gasteiger partial charge < -0.3 is 8.97 Å². The summed E-state index contributed by atoms with van der Waals surface area (Å²) in [5.74, 6) is -0.126. The number of esters is 1. The van der Waals surface area contributed by atoms with Crippen molar-refractivity contribution in [1.82, 2.24) is 4.23 Å². The standard InChI is InChI=1S/C16H23NO2Si/c1-19-16(18)11-7-8-13-12-17(20(2,3)4)15-10-6-5-9-14(13)15/h5-6,9-10,12H,7-8,11H2,1-4H3. The second-order valence-corrected chi connectivity index (χ2v) is 11.0. The summed E-state index contributed by atoms with van der Waals surface area (Å²) in [5.41, 5.74) is 2.66. The molecule has 0 fully saturated rings. The van der Waals surface area contributed by atoms with Crippen LogP contribution in [0.2, 0.25) is 19.6 Å². The summed E-state index contributed by atoms with van der Waals surface area (Å²) in [4.78, 5) is 11.2. The lowest BCUT2D eigenvalue weighted by Crippen LogP contribution is -2.31. The quantitative estimate of drug-likeness (QED) is 0.619. The number of carbonyl (C=O) groups is 1. The van der Waals surface area contributed by atoms with Crippen molar-refractivity contribution >= 4 is 25.1 Å². The maximum absolute atomic E-state index is 11.2. The summed E-state index contributed by atoms with van der Waals surface area (Å²) in [7, 11) is 0.0241. The van der Waals surface area contributed by atoms with Crippen LogP contribution in [0, 0.1) is 0 Å². The predicted molar refractivity (Wildman–Crippen MR) is 85.6 cm³/mol. The second-order valence-electron chi connectivity index (χ2n) is 6.14. The normalized spacial score (nSPS) is 11.8. The molecule has 0 aliphatic carbocycles. The molecule has 0 N–H and O–H groups in total. The van der Waals surface area contributed by atoms with Gasteiger partial charge in [0.15, 0.2) is 8.24 Å². The van der Waals surface area contributed by atoms with E-state index >= 15 is 0 Å². The SMILES string of the molecule is COC(=O)CCCc1cn([Si](C)(C)C)c2ccccc12. The molecule has 0 aliphatic rings. The molecule has 2 rings (SSSR count). The predicted octanol–water partition coefficient (Wildman–Crippen LogP) is 3.82. The smallest absolute Gasteiger partial charge is 0.305 e. The summed E-state index contributed by atoms with van der Waals surface area (Å²) in [5, 5.41) is 1.32. The molecule has 0 saturated carbocycles. The van der Waals surface area contributed by atoms with Crippen molar-refractivity contribution in [2.45, 2.75) is 38.9 Å². The molecule has 3 nitrogen and oxygen atoms in total. The van der Waals surface area contributed by atoms with Crippen LogP contribution in [0.3, 0.4) is 0 Å². The zero-order chi connectivity index (χ0) is 14.8. The Kier molecular flexibility index (Phi) is 4.33. The monoisotopic (exact) mass is 289 g/mol. The van der Waals surface area contributed by atoms with Crippen molar-refractivity contribution in [3.05, 3.63) is 36.0 Å². The summed E-state index contributed by atoms with van der Waals surface area (Å²) >= 11 is 0. The number of nitrogens with zero attached hydrogens (tertiary/aromatic N) is 1. The Morgan fingerprint density at radius 1 is 1.25 bits per heavy atom. The Morgan fingerprint density at radius 2 is 1.95 bits per heavy atom. The van der Waals surface area contributed by atoms with Crippen LogP contribution in [0.5, 0.6) is 0 Å². The molecular weight excluding hydrogens is 266 g/mol. The first-order chi connectivity index (χ1) is 9.43. The van der Waals surface area contributed by atoms with Crippen LogP contribution < -0.4 is 0 Å². The first-order valence-corrected chi connectivity index (χ1v) is 10.5. The van der Waals surface area contributed by atoms with E-state index in [1.54, 1.807) is 0 Å². The minimum Gasteiger partial charge on any atom is -0.469 e. The van der Waals surface area contributed by atoms with Crippen molar-refractivity contribution in [1.29, 1.82) is 0 Å². The van der Waals surface area contributed by atoms with Crippen molar-refractivity contribution in [2.24, 2.45) is 0 Å². The second kappa shape index (κ2) is 5.83. The molecule has 1 aromatic carbocycles. The summed E-state index contributed by atoms with van der Waals surface area (Å²) in [6.07, 6.45) is 4.54. The van der Waals surface area contributed by atoms with Gasteiger partial charge in [-0.05, 0) is 30.7 Å². The Labute approximate surface area is 121 Å². The van der Waals surface area contributed by atoms with Gasteiger partial charge in [0.05, 0.1) is 7.11 Å². The number of aromatic nitrogens is 1. The van der Waals surface area contributed by atoms with Crippen molar-refractivity contribution in [3.8, 4) is 0 Å². The van der Waals surface area contributed by atoms with Crippen molar-refractivity contribution in [3.63, 3.8) is 0 Å². The Morgan fingerprint density at radius 3 is 2.60 bits per heavy atom. The molecule has 2 aromatic rings. The highest BCUT2D eigenvalue weighted by Crippen LogP contribution is 2.26. The Hall–Kier alpha value is -1.55. The molecule has 0 unspecified atom stereocenters. The molecule has 108 valence electrons. The minimum absolute atomic E-state index is 0.126. The van der Waals surface area contributed by atoms with Crippen LogP contribution >= 0.6 is 0 Å². The first-order valence-electron chi connectivity index (χ1n) is 7.10. The van der Waals surface area contributed by atoms with Gasteiger partial charge in [-0.3, -0.25) is 4.79 Å². The van der Waals surface area contributed by atoms with E-state index in [1.807, 2.05) is 0 Å². The molecule has 1 heterocycles.